The molecule has 0 N–H and O–H groups in total. The fraction of sp³-hybridized carbons (Fsp3) is 0.143. The molecule has 0 atom stereocenters. The topological polar surface area (TPSA) is 33.2 Å². The predicted molar refractivity (Wildman–Crippen MR) is 78.2 cm³/mol. The molecule has 5 heteroatoms. The number of nitrogens with zero attached hydrogens (tertiary/aromatic N) is 2. The van der Waals surface area contributed by atoms with Crippen molar-refractivity contribution >= 4 is 34.8 Å². The second-order valence-corrected chi connectivity index (χ2v) is 4.92. The van der Waals surface area contributed by atoms with Crippen molar-refractivity contribution < 1.29 is 4.79 Å². The highest BCUT2D eigenvalue weighted by atomic mass is 35.5. The Morgan fingerprint density at radius 3 is 2.32 bits per heavy atom. The van der Waals surface area contributed by atoms with Crippen molar-refractivity contribution in [1.82, 2.24) is 4.98 Å². The van der Waals surface area contributed by atoms with Crippen LogP contribution < -0.4 is 4.90 Å². The summed E-state index contributed by atoms with van der Waals surface area (Å²) >= 11 is 11.7. The minimum absolute atomic E-state index is 0.108. The molecule has 0 aliphatic rings. The van der Waals surface area contributed by atoms with Gasteiger partial charge in [-0.05, 0) is 31.2 Å². The van der Waals surface area contributed by atoms with Crippen molar-refractivity contribution in [3.63, 3.8) is 0 Å². The van der Waals surface area contributed by atoms with E-state index in [1.54, 1.807) is 19.2 Å². The van der Waals surface area contributed by atoms with E-state index in [0.29, 0.717) is 5.56 Å². The summed E-state index contributed by atoms with van der Waals surface area (Å²) in [5.41, 5.74) is 2.26. The normalized spacial score (nSPS) is 10.3. The lowest BCUT2D eigenvalue weighted by Gasteiger charge is -2.18. The number of halogens is 2. The third-order valence-corrected chi connectivity index (χ3v) is 3.27. The maximum Gasteiger partial charge on any atom is 0.261 e. The first kappa shape index (κ1) is 13.8. The molecule has 1 aromatic carbocycles. The molecule has 0 radical (unpaired) electrons. The molecule has 19 heavy (non-hydrogen) atoms. The van der Waals surface area contributed by atoms with Gasteiger partial charge in [-0.25, -0.2) is 4.98 Å². The van der Waals surface area contributed by atoms with E-state index in [4.69, 9.17) is 23.2 Å². The molecule has 0 unspecified atom stereocenters. The molecule has 2 rings (SSSR count). The Morgan fingerprint density at radius 1 is 1.11 bits per heavy atom. The summed E-state index contributed by atoms with van der Waals surface area (Å²) in [7, 11) is 1.69. The number of benzene rings is 1. The van der Waals surface area contributed by atoms with Crippen LogP contribution in [0.5, 0.6) is 0 Å². The lowest BCUT2D eigenvalue weighted by molar-refractivity contribution is 0.0993. The van der Waals surface area contributed by atoms with Gasteiger partial charge in [-0.2, -0.15) is 0 Å². The minimum atomic E-state index is -0.224. The number of anilines is 1. The summed E-state index contributed by atoms with van der Waals surface area (Å²) in [6.07, 6.45) is 0. The maximum atomic E-state index is 12.3. The average Bonchev–Trinajstić information content (AvgIpc) is 2.38. The fourth-order valence-corrected chi connectivity index (χ4v) is 2.06. The van der Waals surface area contributed by atoms with E-state index >= 15 is 0 Å². The number of rotatable bonds is 2. The largest absolute Gasteiger partial charge is 0.311 e. The van der Waals surface area contributed by atoms with Crippen molar-refractivity contribution in [2.75, 3.05) is 11.9 Å². The van der Waals surface area contributed by atoms with Crippen molar-refractivity contribution in [3.05, 3.63) is 57.8 Å². The molecule has 0 saturated carbocycles. The van der Waals surface area contributed by atoms with Gasteiger partial charge >= 0.3 is 0 Å². The summed E-state index contributed by atoms with van der Waals surface area (Å²) < 4.78 is 0. The summed E-state index contributed by atoms with van der Waals surface area (Å²) in [4.78, 5) is 17.7. The van der Waals surface area contributed by atoms with Crippen molar-refractivity contribution in [2.45, 2.75) is 6.92 Å². The van der Waals surface area contributed by atoms with E-state index in [1.165, 1.54) is 4.90 Å². The molecule has 0 aliphatic carbocycles. The van der Waals surface area contributed by atoms with Crippen molar-refractivity contribution in [3.8, 4) is 0 Å². The highest BCUT2D eigenvalue weighted by Crippen LogP contribution is 2.21. The van der Waals surface area contributed by atoms with E-state index in [2.05, 4.69) is 4.98 Å². The monoisotopic (exact) mass is 294 g/mol. The van der Waals surface area contributed by atoms with Gasteiger partial charge in [0.15, 0.2) is 0 Å². The molecule has 0 aliphatic heterocycles. The number of hydrogen-bond acceptors (Lipinski definition) is 2. The second kappa shape index (κ2) is 5.59. The molecule has 0 spiro atoms. The third-order valence-electron chi connectivity index (χ3n) is 2.77. The first-order chi connectivity index (χ1) is 8.99. The van der Waals surface area contributed by atoms with E-state index in [9.17, 15) is 4.79 Å². The van der Waals surface area contributed by atoms with E-state index in [1.807, 2.05) is 31.2 Å². The van der Waals surface area contributed by atoms with Gasteiger partial charge in [-0.1, -0.05) is 40.9 Å². The van der Waals surface area contributed by atoms with Crippen LogP contribution in [0.25, 0.3) is 0 Å². The van der Waals surface area contributed by atoms with Gasteiger partial charge in [0.1, 0.15) is 10.3 Å². The van der Waals surface area contributed by atoms with Gasteiger partial charge in [0.25, 0.3) is 5.91 Å². The van der Waals surface area contributed by atoms with Crippen LogP contribution in [0.2, 0.25) is 10.3 Å². The van der Waals surface area contributed by atoms with Crippen LogP contribution in [-0.2, 0) is 0 Å². The van der Waals surface area contributed by atoms with Crippen LogP contribution in [0.3, 0.4) is 0 Å². The Labute approximate surface area is 121 Å². The van der Waals surface area contributed by atoms with Crippen LogP contribution in [-0.4, -0.2) is 17.9 Å². The molecule has 0 saturated heterocycles. The molecular formula is C14H12Cl2N2O. The Kier molecular flexibility index (Phi) is 4.08. The van der Waals surface area contributed by atoms with Crippen LogP contribution >= 0.6 is 23.2 Å². The summed E-state index contributed by atoms with van der Waals surface area (Å²) in [6.45, 7) is 1.99. The average molecular weight is 295 g/mol. The number of amides is 1. The van der Waals surface area contributed by atoms with Gasteiger partial charge in [0.05, 0.1) is 5.56 Å². The number of aromatic nitrogens is 1. The Bertz CT molecular complexity index is 611. The van der Waals surface area contributed by atoms with Gasteiger partial charge in [0.2, 0.25) is 0 Å². The lowest BCUT2D eigenvalue weighted by Crippen LogP contribution is -2.26. The molecular weight excluding hydrogens is 283 g/mol. The molecule has 1 amide bonds. The van der Waals surface area contributed by atoms with E-state index in [-0.39, 0.29) is 16.2 Å². The van der Waals surface area contributed by atoms with Crippen LogP contribution in [0.1, 0.15) is 15.9 Å². The highest BCUT2D eigenvalue weighted by Gasteiger charge is 2.17. The molecule has 0 bridgehead atoms. The van der Waals surface area contributed by atoms with Crippen molar-refractivity contribution in [2.24, 2.45) is 0 Å². The Balaban J connectivity index is 2.30. The summed E-state index contributed by atoms with van der Waals surface area (Å²) in [5, 5.41) is 0.371. The predicted octanol–water partition coefficient (Wildman–Crippen LogP) is 3.97. The second-order valence-electron chi connectivity index (χ2n) is 4.17. The number of aryl methyl sites for hydroxylation is 1. The summed E-state index contributed by atoms with van der Waals surface area (Å²) in [6, 6.07) is 10.8. The fourth-order valence-electron chi connectivity index (χ4n) is 1.64. The van der Waals surface area contributed by atoms with Crippen molar-refractivity contribution in [1.29, 1.82) is 0 Å². The van der Waals surface area contributed by atoms with E-state index in [0.717, 1.165) is 11.3 Å². The quantitative estimate of drug-likeness (QED) is 0.785. The van der Waals surface area contributed by atoms with Gasteiger partial charge in [-0.15, -0.1) is 0 Å². The smallest absolute Gasteiger partial charge is 0.261 e. The molecule has 2 aromatic rings. The molecule has 3 nitrogen and oxygen atoms in total. The molecule has 1 heterocycles. The zero-order valence-electron chi connectivity index (χ0n) is 10.5. The van der Waals surface area contributed by atoms with Crippen LogP contribution in [0.15, 0.2) is 36.4 Å². The number of pyridine rings is 1. The molecule has 0 fully saturated rings. The molecule has 98 valence electrons. The SMILES string of the molecule is Cc1ccc(N(C)C(=O)c2ccc(Cl)nc2Cl)cc1. The standard InChI is InChI=1S/C14H12Cl2N2O/c1-9-3-5-10(6-4-9)18(2)14(19)11-7-8-12(15)17-13(11)16/h3-8H,1-2H3. The first-order valence-electron chi connectivity index (χ1n) is 5.66. The Hall–Kier alpha value is -1.58. The number of carbonyl (C=O) groups excluding carboxylic acids is 1. The Morgan fingerprint density at radius 2 is 1.74 bits per heavy atom. The van der Waals surface area contributed by atoms with Gasteiger partial charge < -0.3 is 4.90 Å². The first-order valence-corrected chi connectivity index (χ1v) is 6.41. The maximum absolute atomic E-state index is 12.3. The zero-order chi connectivity index (χ0) is 14.0. The third kappa shape index (κ3) is 3.06. The highest BCUT2D eigenvalue weighted by molar-refractivity contribution is 6.35. The minimum Gasteiger partial charge on any atom is -0.311 e. The number of carbonyl (C=O) groups is 1. The van der Waals surface area contributed by atoms with Crippen LogP contribution in [0.4, 0.5) is 5.69 Å². The van der Waals surface area contributed by atoms with E-state index < -0.39 is 0 Å². The lowest BCUT2D eigenvalue weighted by atomic mass is 10.2. The molecule has 1 aromatic heterocycles. The van der Waals surface area contributed by atoms with Crippen LogP contribution in [0, 0.1) is 6.92 Å². The van der Waals surface area contributed by atoms with Gasteiger partial charge in [-0.3, -0.25) is 4.79 Å². The number of hydrogen-bond donors (Lipinski definition) is 0. The summed E-state index contributed by atoms with van der Waals surface area (Å²) in [5.74, 6) is -0.224. The zero-order valence-corrected chi connectivity index (χ0v) is 12.0. The van der Waals surface area contributed by atoms with Gasteiger partial charge in [0, 0.05) is 12.7 Å².